The number of carbonyl (C=O) groups excluding carboxylic acids is 2. The van der Waals surface area contributed by atoms with Crippen LogP contribution in [0.3, 0.4) is 0 Å². The molecular formula is C13H24N2O3. The Balaban J connectivity index is 2.77. The van der Waals surface area contributed by atoms with E-state index in [2.05, 4.69) is 5.32 Å². The van der Waals surface area contributed by atoms with E-state index in [1.54, 1.807) is 20.8 Å². The molecule has 0 aromatic rings. The molecule has 0 bridgehead atoms. The summed E-state index contributed by atoms with van der Waals surface area (Å²) in [6, 6.07) is -0.412. The van der Waals surface area contributed by atoms with Gasteiger partial charge in [-0.1, -0.05) is 19.3 Å². The SMILES string of the molecule is CNC(=O)N(C(=O)OC(C)(C)C)C1CCCCC1. The highest BCUT2D eigenvalue weighted by Crippen LogP contribution is 2.24. The summed E-state index contributed by atoms with van der Waals surface area (Å²) >= 11 is 0. The van der Waals surface area contributed by atoms with E-state index in [1.807, 2.05) is 0 Å². The highest BCUT2D eigenvalue weighted by atomic mass is 16.6. The van der Waals surface area contributed by atoms with Crippen LogP contribution in [-0.4, -0.2) is 35.7 Å². The third-order valence-corrected chi connectivity index (χ3v) is 2.96. The van der Waals surface area contributed by atoms with Crippen molar-refractivity contribution in [3.8, 4) is 0 Å². The molecule has 0 unspecified atom stereocenters. The van der Waals surface area contributed by atoms with Crippen molar-refractivity contribution in [3.63, 3.8) is 0 Å². The van der Waals surface area contributed by atoms with Crippen LogP contribution in [0.4, 0.5) is 9.59 Å². The van der Waals surface area contributed by atoms with Crippen molar-refractivity contribution in [2.24, 2.45) is 0 Å². The predicted molar refractivity (Wildman–Crippen MR) is 69.4 cm³/mol. The van der Waals surface area contributed by atoms with Gasteiger partial charge in [0.15, 0.2) is 0 Å². The van der Waals surface area contributed by atoms with Crippen LogP contribution in [0.15, 0.2) is 0 Å². The van der Waals surface area contributed by atoms with Gasteiger partial charge in [-0.25, -0.2) is 14.5 Å². The molecule has 0 aromatic heterocycles. The van der Waals surface area contributed by atoms with Crippen LogP contribution >= 0.6 is 0 Å². The Labute approximate surface area is 109 Å². The maximum absolute atomic E-state index is 12.1. The van der Waals surface area contributed by atoms with Gasteiger partial charge < -0.3 is 10.1 Å². The summed E-state index contributed by atoms with van der Waals surface area (Å²) < 4.78 is 5.30. The minimum Gasteiger partial charge on any atom is -0.443 e. The summed E-state index contributed by atoms with van der Waals surface area (Å²) in [6.45, 7) is 5.40. The second kappa shape index (κ2) is 6.07. The van der Waals surface area contributed by atoms with E-state index in [4.69, 9.17) is 4.74 Å². The van der Waals surface area contributed by atoms with Crippen LogP contribution in [0.5, 0.6) is 0 Å². The van der Waals surface area contributed by atoms with Crippen molar-refractivity contribution in [3.05, 3.63) is 0 Å². The molecular weight excluding hydrogens is 232 g/mol. The molecule has 3 amide bonds. The monoisotopic (exact) mass is 256 g/mol. The second-order valence-electron chi connectivity index (χ2n) is 5.70. The molecule has 1 aliphatic carbocycles. The van der Waals surface area contributed by atoms with Crippen LogP contribution in [0.2, 0.25) is 0 Å². The van der Waals surface area contributed by atoms with E-state index < -0.39 is 11.7 Å². The lowest BCUT2D eigenvalue weighted by Crippen LogP contribution is -2.51. The fourth-order valence-corrected chi connectivity index (χ4v) is 2.17. The van der Waals surface area contributed by atoms with Gasteiger partial charge in [-0.05, 0) is 33.6 Å². The van der Waals surface area contributed by atoms with Gasteiger partial charge in [0.25, 0.3) is 0 Å². The van der Waals surface area contributed by atoms with Gasteiger partial charge in [0.05, 0.1) is 0 Å². The zero-order valence-corrected chi connectivity index (χ0v) is 11.8. The van der Waals surface area contributed by atoms with Gasteiger partial charge in [0.2, 0.25) is 0 Å². The number of ether oxygens (including phenoxy) is 1. The zero-order valence-electron chi connectivity index (χ0n) is 11.8. The fraction of sp³-hybridized carbons (Fsp3) is 0.846. The minimum absolute atomic E-state index is 0.0338. The molecule has 0 aromatic carbocycles. The van der Waals surface area contributed by atoms with Crippen molar-refractivity contribution in [1.82, 2.24) is 10.2 Å². The lowest BCUT2D eigenvalue weighted by Gasteiger charge is -2.33. The number of carbonyl (C=O) groups is 2. The number of nitrogens with zero attached hydrogens (tertiary/aromatic N) is 1. The minimum atomic E-state index is -0.585. The van der Waals surface area contributed by atoms with Crippen LogP contribution in [-0.2, 0) is 4.74 Å². The predicted octanol–water partition coefficient (Wildman–Crippen LogP) is 2.90. The normalized spacial score (nSPS) is 17.1. The number of amides is 3. The number of nitrogens with one attached hydrogen (secondary N) is 1. The molecule has 104 valence electrons. The van der Waals surface area contributed by atoms with E-state index in [0.29, 0.717) is 0 Å². The Morgan fingerprint density at radius 3 is 2.17 bits per heavy atom. The number of imide groups is 1. The fourth-order valence-electron chi connectivity index (χ4n) is 2.17. The van der Waals surface area contributed by atoms with Gasteiger partial charge in [-0.15, -0.1) is 0 Å². The number of hydrogen-bond acceptors (Lipinski definition) is 3. The molecule has 0 saturated heterocycles. The van der Waals surface area contributed by atoms with E-state index >= 15 is 0 Å². The van der Waals surface area contributed by atoms with E-state index in [1.165, 1.54) is 18.4 Å². The zero-order chi connectivity index (χ0) is 13.8. The Morgan fingerprint density at radius 2 is 1.72 bits per heavy atom. The molecule has 0 atom stereocenters. The quantitative estimate of drug-likeness (QED) is 0.784. The van der Waals surface area contributed by atoms with Crippen LogP contribution in [0.1, 0.15) is 52.9 Å². The lowest BCUT2D eigenvalue weighted by atomic mass is 9.94. The lowest BCUT2D eigenvalue weighted by molar-refractivity contribution is 0.0224. The number of urea groups is 1. The first kappa shape index (κ1) is 14.8. The topological polar surface area (TPSA) is 58.6 Å². The van der Waals surface area contributed by atoms with Crippen molar-refractivity contribution in [1.29, 1.82) is 0 Å². The highest BCUT2D eigenvalue weighted by molar-refractivity contribution is 5.91. The van der Waals surface area contributed by atoms with Crippen LogP contribution in [0.25, 0.3) is 0 Å². The summed E-state index contributed by atoms with van der Waals surface area (Å²) in [4.78, 5) is 25.2. The summed E-state index contributed by atoms with van der Waals surface area (Å²) in [5.41, 5.74) is -0.585. The third kappa shape index (κ3) is 4.20. The second-order valence-corrected chi connectivity index (χ2v) is 5.70. The summed E-state index contributed by atoms with van der Waals surface area (Å²) in [5.74, 6) is 0. The maximum Gasteiger partial charge on any atom is 0.418 e. The number of hydrogen-bond donors (Lipinski definition) is 1. The van der Waals surface area contributed by atoms with E-state index in [9.17, 15) is 9.59 Å². The first-order chi connectivity index (χ1) is 8.35. The summed E-state index contributed by atoms with van der Waals surface area (Å²) in [7, 11) is 1.53. The average molecular weight is 256 g/mol. The smallest absolute Gasteiger partial charge is 0.418 e. The number of rotatable bonds is 1. The standard InChI is InChI=1S/C13H24N2O3/c1-13(2,3)18-12(17)15(11(16)14-4)10-8-6-5-7-9-10/h10H,5-9H2,1-4H3,(H,14,16). The third-order valence-electron chi connectivity index (χ3n) is 2.96. The van der Waals surface area contributed by atoms with Crippen LogP contribution < -0.4 is 5.32 Å². The molecule has 1 rings (SSSR count). The molecule has 0 heterocycles. The van der Waals surface area contributed by atoms with Crippen molar-refractivity contribution >= 4 is 12.1 Å². The molecule has 0 aliphatic heterocycles. The Bertz CT molecular complexity index is 304. The first-order valence-electron chi connectivity index (χ1n) is 6.59. The summed E-state index contributed by atoms with van der Waals surface area (Å²) in [6.07, 6.45) is 4.47. The Morgan fingerprint density at radius 1 is 1.17 bits per heavy atom. The molecule has 5 nitrogen and oxygen atoms in total. The molecule has 18 heavy (non-hydrogen) atoms. The van der Waals surface area contributed by atoms with Gasteiger partial charge in [-0.2, -0.15) is 0 Å². The average Bonchev–Trinajstić information content (AvgIpc) is 2.28. The van der Waals surface area contributed by atoms with Crippen molar-refractivity contribution in [2.45, 2.75) is 64.5 Å². The largest absolute Gasteiger partial charge is 0.443 e. The van der Waals surface area contributed by atoms with Crippen molar-refractivity contribution < 1.29 is 14.3 Å². The Kier molecular flexibility index (Phi) is 4.99. The van der Waals surface area contributed by atoms with Gasteiger partial charge in [0, 0.05) is 13.1 Å². The van der Waals surface area contributed by atoms with Gasteiger partial charge in [-0.3, -0.25) is 0 Å². The molecule has 1 N–H and O–H groups in total. The van der Waals surface area contributed by atoms with Gasteiger partial charge >= 0.3 is 12.1 Å². The molecule has 1 aliphatic rings. The van der Waals surface area contributed by atoms with Gasteiger partial charge in [0.1, 0.15) is 5.60 Å². The molecule has 0 radical (unpaired) electrons. The van der Waals surface area contributed by atoms with Crippen molar-refractivity contribution in [2.75, 3.05) is 7.05 Å². The first-order valence-corrected chi connectivity index (χ1v) is 6.59. The maximum atomic E-state index is 12.1. The molecule has 0 spiro atoms. The van der Waals surface area contributed by atoms with E-state index in [-0.39, 0.29) is 12.1 Å². The summed E-state index contributed by atoms with van der Waals surface area (Å²) in [5, 5.41) is 2.52. The Hall–Kier alpha value is -1.26. The molecule has 1 fully saturated rings. The highest BCUT2D eigenvalue weighted by Gasteiger charge is 2.33. The van der Waals surface area contributed by atoms with Crippen LogP contribution in [0, 0.1) is 0 Å². The molecule has 1 saturated carbocycles. The van der Waals surface area contributed by atoms with E-state index in [0.717, 1.165) is 25.7 Å². The molecule has 5 heteroatoms.